The minimum atomic E-state index is -0.730. The second kappa shape index (κ2) is 5.70. The lowest BCUT2D eigenvalue weighted by Crippen LogP contribution is -2.22. The van der Waals surface area contributed by atoms with Gasteiger partial charge in [0.05, 0.1) is 12.7 Å². The molecule has 1 heterocycles. The number of benzene rings is 1. The number of carbonyl (C=O) groups is 1. The summed E-state index contributed by atoms with van der Waals surface area (Å²) in [6.45, 7) is 3.74. The molecule has 7 nitrogen and oxygen atoms in total. The van der Waals surface area contributed by atoms with Gasteiger partial charge in [-0.15, -0.1) is 0 Å². The van der Waals surface area contributed by atoms with Crippen molar-refractivity contribution in [2.45, 2.75) is 6.04 Å². The quantitative estimate of drug-likeness (QED) is 0.673. The van der Waals surface area contributed by atoms with Crippen molar-refractivity contribution in [2.24, 2.45) is 0 Å². The number of tetrazole rings is 1. The number of nitrogens with two attached hydrogens (primary N) is 1. The number of nitrogen functional groups attached to an aromatic ring is 1. The van der Waals surface area contributed by atoms with Crippen LogP contribution in [0.15, 0.2) is 36.4 Å². The van der Waals surface area contributed by atoms with E-state index in [4.69, 9.17) is 17.3 Å². The number of hydrogen-bond acceptors (Lipinski definition) is 6. The highest BCUT2D eigenvalue weighted by Crippen LogP contribution is 2.31. The van der Waals surface area contributed by atoms with E-state index in [0.717, 1.165) is 0 Å². The van der Waals surface area contributed by atoms with Gasteiger partial charge >= 0.3 is 5.97 Å². The smallest absolute Gasteiger partial charge is 0.335 e. The third-order valence-electron chi connectivity index (χ3n) is 2.74. The lowest BCUT2D eigenvalue weighted by molar-refractivity contribution is -0.136. The van der Waals surface area contributed by atoms with Crippen LogP contribution in [0.1, 0.15) is 11.6 Å². The van der Waals surface area contributed by atoms with E-state index in [1.54, 1.807) is 24.3 Å². The molecule has 0 aliphatic heterocycles. The van der Waals surface area contributed by atoms with Crippen molar-refractivity contribution in [3.63, 3.8) is 0 Å². The molecule has 1 unspecified atom stereocenters. The maximum Gasteiger partial charge on any atom is 0.335 e. The minimum absolute atomic E-state index is 0.0416. The van der Waals surface area contributed by atoms with Crippen LogP contribution in [0.2, 0.25) is 5.02 Å². The maximum absolute atomic E-state index is 11.8. The molecule has 0 spiro atoms. The number of aromatic nitrogens is 4. The van der Waals surface area contributed by atoms with Crippen molar-refractivity contribution in [1.29, 1.82) is 0 Å². The molecular formula is C12H12ClN5O2. The topological polar surface area (TPSA) is 95.9 Å². The van der Waals surface area contributed by atoms with Gasteiger partial charge in [-0.2, -0.15) is 4.68 Å². The summed E-state index contributed by atoms with van der Waals surface area (Å²) in [6.07, 6.45) is 0. The first-order valence-electron chi connectivity index (χ1n) is 5.61. The largest absolute Gasteiger partial charge is 0.466 e. The van der Waals surface area contributed by atoms with Crippen molar-refractivity contribution in [3.8, 4) is 0 Å². The molecule has 1 aromatic carbocycles. The van der Waals surface area contributed by atoms with E-state index >= 15 is 0 Å². The molecule has 0 radical (unpaired) electrons. The number of methoxy groups -OCH3 is 1. The van der Waals surface area contributed by atoms with E-state index in [1.807, 2.05) is 0 Å². The summed E-state index contributed by atoms with van der Waals surface area (Å²) < 4.78 is 5.95. The number of esters is 1. The summed E-state index contributed by atoms with van der Waals surface area (Å²) in [6, 6.07) is 6.25. The van der Waals surface area contributed by atoms with Gasteiger partial charge in [-0.1, -0.05) is 41.5 Å². The number of nitrogens with zero attached hydrogens (tertiary/aromatic N) is 4. The Kier molecular flexibility index (Phi) is 3.99. The molecule has 0 aliphatic carbocycles. The van der Waals surface area contributed by atoms with E-state index in [9.17, 15) is 4.79 Å². The zero-order chi connectivity index (χ0) is 14.7. The molecule has 8 heteroatoms. The molecular weight excluding hydrogens is 282 g/mol. The Labute approximate surface area is 120 Å². The first-order valence-corrected chi connectivity index (χ1v) is 5.99. The van der Waals surface area contributed by atoms with Crippen molar-refractivity contribution >= 4 is 23.5 Å². The van der Waals surface area contributed by atoms with Crippen LogP contribution in [0.3, 0.4) is 0 Å². The van der Waals surface area contributed by atoms with Crippen molar-refractivity contribution in [3.05, 3.63) is 47.0 Å². The molecule has 0 bridgehead atoms. The van der Waals surface area contributed by atoms with Gasteiger partial charge in [0.25, 0.3) is 0 Å². The van der Waals surface area contributed by atoms with E-state index in [0.29, 0.717) is 10.6 Å². The van der Waals surface area contributed by atoms with Crippen molar-refractivity contribution in [1.82, 2.24) is 20.2 Å². The summed E-state index contributed by atoms with van der Waals surface area (Å²) >= 11 is 6.16. The van der Waals surface area contributed by atoms with Gasteiger partial charge in [-0.25, -0.2) is 4.79 Å². The molecule has 2 rings (SSSR count). The SMILES string of the molecule is C=C(C(=O)OC)C(c1ccccc1Cl)n1nnnc1N. The third kappa shape index (κ3) is 2.48. The molecule has 1 atom stereocenters. The highest BCUT2D eigenvalue weighted by atomic mass is 35.5. The zero-order valence-electron chi connectivity index (χ0n) is 10.7. The van der Waals surface area contributed by atoms with Gasteiger partial charge in [0, 0.05) is 10.6 Å². The Morgan fingerprint density at radius 3 is 2.75 bits per heavy atom. The summed E-state index contributed by atoms with van der Waals surface area (Å²) in [7, 11) is 1.26. The molecule has 1 aromatic heterocycles. The summed E-state index contributed by atoms with van der Waals surface area (Å²) in [5.74, 6) is -0.551. The normalized spacial score (nSPS) is 11.9. The fraction of sp³-hybridized carbons (Fsp3) is 0.167. The van der Waals surface area contributed by atoms with E-state index in [1.165, 1.54) is 11.8 Å². The highest BCUT2D eigenvalue weighted by Gasteiger charge is 2.28. The van der Waals surface area contributed by atoms with Crippen LogP contribution in [0, 0.1) is 0 Å². The van der Waals surface area contributed by atoms with Gasteiger partial charge in [0.2, 0.25) is 5.95 Å². The average Bonchev–Trinajstić information content (AvgIpc) is 2.86. The molecule has 0 saturated heterocycles. The monoisotopic (exact) mass is 293 g/mol. The third-order valence-corrected chi connectivity index (χ3v) is 3.08. The number of anilines is 1. The predicted molar refractivity (Wildman–Crippen MR) is 73.0 cm³/mol. The zero-order valence-corrected chi connectivity index (χ0v) is 11.4. The van der Waals surface area contributed by atoms with Crippen LogP contribution in [0.25, 0.3) is 0 Å². The number of halogens is 1. The standard InChI is InChI=1S/C12H12ClN5O2/c1-7(11(19)20-2)10(18-12(14)15-16-17-18)8-5-3-4-6-9(8)13/h3-6,10H,1H2,2H3,(H2,14,15,17). The van der Waals surface area contributed by atoms with Crippen LogP contribution in [-0.4, -0.2) is 33.3 Å². The van der Waals surface area contributed by atoms with Crippen LogP contribution in [-0.2, 0) is 9.53 Å². The summed E-state index contributed by atoms with van der Waals surface area (Å²) in [5, 5.41) is 11.3. The fourth-order valence-corrected chi connectivity index (χ4v) is 2.03. The lowest BCUT2D eigenvalue weighted by atomic mass is 10.00. The molecule has 0 aliphatic rings. The van der Waals surface area contributed by atoms with Crippen LogP contribution < -0.4 is 5.73 Å². The van der Waals surface area contributed by atoms with E-state index in [2.05, 4.69) is 26.8 Å². The molecule has 0 saturated carbocycles. The van der Waals surface area contributed by atoms with E-state index in [-0.39, 0.29) is 11.5 Å². The molecule has 0 amide bonds. The molecule has 2 N–H and O–H groups in total. The number of rotatable bonds is 4. The van der Waals surface area contributed by atoms with Gasteiger partial charge < -0.3 is 10.5 Å². The maximum atomic E-state index is 11.8. The molecule has 104 valence electrons. The van der Waals surface area contributed by atoms with Crippen LogP contribution >= 0.6 is 11.6 Å². The number of hydrogen-bond donors (Lipinski definition) is 1. The van der Waals surface area contributed by atoms with Gasteiger partial charge in [-0.05, 0) is 16.5 Å². The Bertz CT molecular complexity index is 655. The molecule has 0 fully saturated rings. The Morgan fingerprint density at radius 1 is 1.50 bits per heavy atom. The first-order chi connectivity index (χ1) is 9.56. The molecule has 2 aromatic rings. The van der Waals surface area contributed by atoms with Gasteiger partial charge in [0.1, 0.15) is 6.04 Å². The number of carbonyl (C=O) groups excluding carboxylic acids is 1. The lowest BCUT2D eigenvalue weighted by Gasteiger charge is -2.19. The van der Waals surface area contributed by atoms with Crippen molar-refractivity contribution < 1.29 is 9.53 Å². The fourth-order valence-electron chi connectivity index (χ4n) is 1.79. The second-order valence-electron chi connectivity index (χ2n) is 3.92. The molecule has 20 heavy (non-hydrogen) atoms. The van der Waals surface area contributed by atoms with Crippen LogP contribution in [0.5, 0.6) is 0 Å². The summed E-state index contributed by atoms with van der Waals surface area (Å²) in [5.41, 5.74) is 6.42. The van der Waals surface area contributed by atoms with Crippen molar-refractivity contribution in [2.75, 3.05) is 12.8 Å². The first kappa shape index (κ1) is 14.0. The number of ether oxygens (including phenoxy) is 1. The Balaban J connectivity index is 2.57. The predicted octanol–water partition coefficient (Wildman–Crippen LogP) is 1.23. The second-order valence-corrected chi connectivity index (χ2v) is 4.33. The van der Waals surface area contributed by atoms with E-state index < -0.39 is 12.0 Å². The Morgan fingerprint density at radius 2 is 2.20 bits per heavy atom. The highest BCUT2D eigenvalue weighted by molar-refractivity contribution is 6.31. The van der Waals surface area contributed by atoms with Crippen LogP contribution in [0.4, 0.5) is 5.95 Å². The Hall–Kier alpha value is -2.41. The average molecular weight is 294 g/mol. The minimum Gasteiger partial charge on any atom is -0.466 e. The van der Waals surface area contributed by atoms with Gasteiger partial charge in [-0.3, -0.25) is 0 Å². The van der Waals surface area contributed by atoms with Gasteiger partial charge in [0.15, 0.2) is 0 Å². The summed E-state index contributed by atoms with van der Waals surface area (Å²) in [4.78, 5) is 11.8.